The standard InChI is InChI=1S/C4H12N2S2/c1-5(2)6(3)4(7)8/h4,7-8H,1-3H3. The Morgan fingerprint density at radius 1 is 1.12 bits per heavy atom. The summed E-state index contributed by atoms with van der Waals surface area (Å²) in [6.45, 7) is 0. The molecule has 50 valence electrons. The van der Waals surface area contributed by atoms with E-state index in [1.807, 2.05) is 31.2 Å². The third kappa shape index (κ3) is 2.81. The van der Waals surface area contributed by atoms with Crippen LogP contribution in [-0.4, -0.2) is 35.9 Å². The number of hydrazine groups is 1. The summed E-state index contributed by atoms with van der Waals surface area (Å²) in [4.78, 5) is 0. The van der Waals surface area contributed by atoms with Crippen LogP contribution in [0.1, 0.15) is 0 Å². The van der Waals surface area contributed by atoms with Crippen molar-refractivity contribution in [2.75, 3.05) is 21.1 Å². The van der Waals surface area contributed by atoms with E-state index >= 15 is 0 Å². The summed E-state index contributed by atoms with van der Waals surface area (Å²) >= 11 is 8.16. The summed E-state index contributed by atoms with van der Waals surface area (Å²) in [7, 11) is 5.81. The van der Waals surface area contributed by atoms with Gasteiger partial charge in [0.1, 0.15) is 4.71 Å². The number of hydrogen-bond donors (Lipinski definition) is 2. The fourth-order valence-electron chi connectivity index (χ4n) is 0.207. The van der Waals surface area contributed by atoms with E-state index in [0.29, 0.717) is 0 Å². The first-order valence-corrected chi connectivity index (χ1v) is 3.35. The van der Waals surface area contributed by atoms with Crippen LogP contribution in [0.15, 0.2) is 0 Å². The van der Waals surface area contributed by atoms with Crippen molar-refractivity contribution in [2.24, 2.45) is 0 Å². The zero-order chi connectivity index (χ0) is 6.73. The van der Waals surface area contributed by atoms with E-state index in [9.17, 15) is 0 Å². The normalized spacial score (nSPS) is 12.0. The highest BCUT2D eigenvalue weighted by molar-refractivity contribution is 7.99. The third-order valence-corrected chi connectivity index (χ3v) is 1.63. The minimum Gasteiger partial charge on any atom is -0.246 e. The van der Waals surface area contributed by atoms with Gasteiger partial charge in [-0.05, 0) is 0 Å². The van der Waals surface area contributed by atoms with Crippen molar-refractivity contribution in [1.82, 2.24) is 10.0 Å². The zero-order valence-electron chi connectivity index (χ0n) is 5.37. The van der Waals surface area contributed by atoms with E-state index in [1.54, 1.807) is 0 Å². The summed E-state index contributed by atoms with van der Waals surface area (Å²) in [6.07, 6.45) is 0. The average molecular weight is 152 g/mol. The molecule has 0 saturated heterocycles. The largest absolute Gasteiger partial charge is 0.246 e. The molecular weight excluding hydrogens is 140 g/mol. The summed E-state index contributed by atoms with van der Waals surface area (Å²) in [5.74, 6) is 0. The summed E-state index contributed by atoms with van der Waals surface area (Å²) in [5, 5.41) is 3.82. The number of nitrogens with zero attached hydrogens (tertiary/aromatic N) is 2. The van der Waals surface area contributed by atoms with Crippen LogP contribution in [0.5, 0.6) is 0 Å². The molecule has 0 aliphatic heterocycles. The molecule has 0 aliphatic carbocycles. The SMILES string of the molecule is CN(C)N(C)C(S)S. The minimum atomic E-state index is -0.00926. The van der Waals surface area contributed by atoms with E-state index in [0.717, 1.165) is 0 Å². The lowest BCUT2D eigenvalue weighted by Crippen LogP contribution is -2.36. The van der Waals surface area contributed by atoms with E-state index < -0.39 is 0 Å². The Balaban J connectivity index is 3.46. The molecule has 8 heavy (non-hydrogen) atoms. The van der Waals surface area contributed by atoms with E-state index in [-0.39, 0.29) is 4.71 Å². The van der Waals surface area contributed by atoms with Crippen LogP contribution >= 0.6 is 25.3 Å². The van der Waals surface area contributed by atoms with Gasteiger partial charge in [-0.2, -0.15) is 0 Å². The molecule has 0 bridgehead atoms. The van der Waals surface area contributed by atoms with Gasteiger partial charge in [-0.25, -0.2) is 10.0 Å². The average Bonchev–Trinajstić information content (AvgIpc) is 1.64. The van der Waals surface area contributed by atoms with Crippen molar-refractivity contribution >= 4 is 25.3 Å². The second-order valence-electron chi connectivity index (χ2n) is 1.77. The lowest BCUT2D eigenvalue weighted by Gasteiger charge is -2.26. The summed E-state index contributed by atoms with van der Waals surface area (Å²) < 4.78 is -0.00926. The van der Waals surface area contributed by atoms with Gasteiger partial charge in [0, 0.05) is 21.1 Å². The Morgan fingerprint density at radius 2 is 1.50 bits per heavy atom. The molecule has 0 heterocycles. The number of rotatable bonds is 2. The van der Waals surface area contributed by atoms with Gasteiger partial charge >= 0.3 is 0 Å². The molecule has 0 spiro atoms. The van der Waals surface area contributed by atoms with E-state index in [1.165, 1.54) is 0 Å². The van der Waals surface area contributed by atoms with Crippen molar-refractivity contribution in [3.8, 4) is 0 Å². The Labute approximate surface area is 61.6 Å². The zero-order valence-corrected chi connectivity index (χ0v) is 7.16. The van der Waals surface area contributed by atoms with E-state index in [4.69, 9.17) is 0 Å². The van der Waals surface area contributed by atoms with Gasteiger partial charge in [-0.3, -0.25) is 0 Å². The maximum absolute atomic E-state index is 4.08. The Kier molecular flexibility index (Phi) is 3.89. The summed E-state index contributed by atoms with van der Waals surface area (Å²) in [6, 6.07) is 0. The van der Waals surface area contributed by atoms with Gasteiger partial charge in [0.2, 0.25) is 0 Å². The third-order valence-electron chi connectivity index (χ3n) is 0.965. The monoisotopic (exact) mass is 152 g/mol. The van der Waals surface area contributed by atoms with Crippen LogP contribution in [0.3, 0.4) is 0 Å². The van der Waals surface area contributed by atoms with Gasteiger partial charge in [-0.1, -0.05) is 0 Å². The van der Waals surface area contributed by atoms with Crippen LogP contribution in [0.4, 0.5) is 0 Å². The summed E-state index contributed by atoms with van der Waals surface area (Å²) in [5.41, 5.74) is 0. The van der Waals surface area contributed by atoms with Gasteiger partial charge in [0.25, 0.3) is 0 Å². The molecule has 0 N–H and O–H groups in total. The van der Waals surface area contributed by atoms with E-state index in [2.05, 4.69) is 25.3 Å². The Hall–Kier alpha value is 0.620. The maximum Gasteiger partial charge on any atom is 0.110 e. The lowest BCUT2D eigenvalue weighted by atomic mass is 11.0. The minimum absolute atomic E-state index is 0.00926. The molecule has 0 unspecified atom stereocenters. The Morgan fingerprint density at radius 3 is 1.50 bits per heavy atom. The first-order valence-electron chi connectivity index (χ1n) is 2.32. The predicted octanol–water partition coefficient (Wildman–Crippen LogP) is 0.538. The van der Waals surface area contributed by atoms with Gasteiger partial charge in [-0.15, -0.1) is 25.3 Å². The molecule has 0 aromatic carbocycles. The number of thiol groups is 2. The van der Waals surface area contributed by atoms with Crippen molar-refractivity contribution in [3.63, 3.8) is 0 Å². The van der Waals surface area contributed by atoms with Crippen molar-refractivity contribution in [1.29, 1.82) is 0 Å². The second-order valence-corrected chi connectivity index (χ2v) is 3.15. The fourth-order valence-corrected chi connectivity index (χ4v) is 0.620. The smallest absolute Gasteiger partial charge is 0.110 e. The van der Waals surface area contributed by atoms with Crippen LogP contribution in [0.25, 0.3) is 0 Å². The first kappa shape index (κ1) is 8.62. The highest BCUT2D eigenvalue weighted by atomic mass is 32.2. The maximum atomic E-state index is 4.08. The fraction of sp³-hybridized carbons (Fsp3) is 1.00. The van der Waals surface area contributed by atoms with Crippen LogP contribution in [0, 0.1) is 0 Å². The first-order chi connectivity index (χ1) is 3.55. The Bertz CT molecular complexity index is 57.1. The van der Waals surface area contributed by atoms with Gasteiger partial charge in [0.15, 0.2) is 0 Å². The van der Waals surface area contributed by atoms with Crippen LogP contribution < -0.4 is 0 Å². The quantitative estimate of drug-likeness (QED) is 0.339. The second kappa shape index (κ2) is 3.61. The van der Waals surface area contributed by atoms with Crippen molar-refractivity contribution in [2.45, 2.75) is 4.71 Å². The molecule has 0 amide bonds. The molecule has 0 aromatic rings. The van der Waals surface area contributed by atoms with Gasteiger partial charge < -0.3 is 0 Å². The molecular formula is C4H12N2S2. The molecule has 0 aromatic heterocycles. The number of hydrogen-bond acceptors (Lipinski definition) is 4. The topological polar surface area (TPSA) is 6.48 Å². The molecule has 0 radical (unpaired) electrons. The lowest BCUT2D eigenvalue weighted by molar-refractivity contribution is 0.0717. The molecule has 4 heteroatoms. The molecule has 0 atom stereocenters. The molecule has 0 rings (SSSR count). The van der Waals surface area contributed by atoms with Gasteiger partial charge in [0.05, 0.1) is 0 Å². The molecule has 0 aliphatic rings. The highest BCUT2D eigenvalue weighted by Gasteiger charge is 2.04. The molecule has 0 fully saturated rings. The van der Waals surface area contributed by atoms with Crippen LogP contribution in [-0.2, 0) is 0 Å². The molecule has 2 nitrogen and oxygen atoms in total. The van der Waals surface area contributed by atoms with Crippen molar-refractivity contribution < 1.29 is 0 Å². The predicted molar refractivity (Wildman–Crippen MR) is 43.2 cm³/mol. The molecule has 0 saturated carbocycles. The highest BCUT2D eigenvalue weighted by Crippen LogP contribution is 2.04. The van der Waals surface area contributed by atoms with Crippen molar-refractivity contribution in [3.05, 3.63) is 0 Å². The van der Waals surface area contributed by atoms with Crippen LogP contribution in [0.2, 0.25) is 0 Å².